The molecule has 1 aromatic carbocycles. The minimum absolute atomic E-state index is 0.342. The minimum atomic E-state index is -0.342. The fourth-order valence-electron chi connectivity index (χ4n) is 3.19. The molecule has 1 heterocycles. The molecule has 0 spiro atoms. The molecule has 0 unspecified atom stereocenters. The molecule has 1 saturated carbocycles. The molecule has 1 aliphatic rings. The van der Waals surface area contributed by atoms with E-state index in [2.05, 4.69) is 5.10 Å². The first-order valence-electron chi connectivity index (χ1n) is 7.35. The van der Waals surface area contributed by atoms with Gasteiger partial charge in [0.2, 0.25) is 0 Å². The van der Waals surface area contributed by atoms with Crippen molar-refractivity contribution in [3.8, 4) is 11.1 Å². The number of nitrogens with zero attached hydrogens (tertiary/aromatic N) is 2. The molecule has 0 radical (unpaired) electrons. The first-order chi connectivity index (χ1) is 10.1. The fourth-order valence-corrected chi connectivity index (χ4v) is 3.45. The van der Waals surface area contributed by atoms with Gasteiger partial charge in [0, 0.05) is 24.1 Å². The summed E-state index contributed by atoms with van der Waals surface area (Å²) in [5, 5.41) is 4.99. The largest absolute Gasteiger partial charge is 0.383 e. The lowest BCUT2D eigenvalue weighted by Gasteiger charge is -2.21. The Kier molecular flexibility index (Phi) is 3.89. The zero-order valence-corrected chi connectivity index (χ0v) is 12.8. The second-order valence-electron chi connectivity index (χ2n) is 5.73. The van der Waals surface area contributed by atoms with Gasteiger partial charge in [0.1, 0.15) is 11.6 Å². The number of nitrogen functional groups attached to an aromatic ring is 1. The number of anilines is 1. The standard InChI is InChI=1S/C16H19ClFN3/c1-21-16(19)14(12-8-7-11(18)9-13(12)17)15(20-21)10-5-3-2-4-6-10/h7-10H,2-6,19H2,1H3. The lowest BCUT2D eigenvalue weighted by molar-refractivity contribution is 0.434. The van der Waals surface area contributed by atoms with Gasteiger partial charge in [-0.05, 0) is 31.0 Å². The first kappa shape index (κ1) is 14.4. The highest BCUT2D eigenvalue weighted by Gasteiger charge is 2.26. The Morgan fingerprint density at radius 2 is 2.00 bits per heavy atom. The third kappa shape index (κ3) is 2.64. The van der Waals surface area contributed by atoms with Crippen LogP contribution in [0.25, 0.3) is 11.1 Å². The highest BCUT2D eigenvalue weighted by atomic mass is 35.5. The summed E-state index contributed by atoms with van der Waals surface area (Å²) in [4.78, 5) is 0. The van der Waals surface area contributed by atoms with Gasteiger partial charge in [-0.2, -0.15) is 5.10 Å². The van der Waals surface area contributed by atoms with Crippen molar-refractivity contribution < 1.29 is 4.39 Å². The maximum Gasteiger partial charge on any atom is 0.129 e. The van der Waals surface area contributed by atoms with Crippen LogP contribution >= 0.6 is 11.6 Å². The van der Waals surface area contributed by atoms with Crippen LogP contribution in [-0.4, -0.2) is 9.78 Å². The normalized spacial score (nSPS) is 16.3. The average Bonchev–Trinajstić information content (AvgIpc) is 2.76. The van der Waals surface area contributed by atoms with E-state index in [-0.39, 0.29) is 5.82 Å². The number of hydrogen-bond donors (Lipinski definition) is 1. The molecule has 0 aliphatic heterocycles. The average molecular weight is 308 g/mol. The Labute approximate surface area is 128 Å². The summed E-state index contributed by atoms with van der Waals surface area (Å²) in [6.45, 7) is 0. The van der Waals surface area contributed by atoms with Crippen molar-refractivity contribution in [2.75, 3.05) is 5.73 Å². The Bertz CT molecular complexity index is 660. The van der Waals surface area contributed by atoms with Gasteiger partial charge in [0.25, 0.3) is 0 Å². The Morgan fingerprint density at radius 1 is 1.29 bits per heavy atom. The van der Waals surface area contributed by atoms with Crippen LogP contribution in [0.3, 0.4) is 0 Å². The van der Waals surface area contributed by atoms with E-state index >= 15 is 0 Å². The van der Waals surface area contributed by atoms with Gasteiger partial charge >= 0.3 is 0 Å². The van der Waals surface area contributed by atoms with Crippen LogP contribution in [0.5, 0.6) is 0 Å². The molecule has 3 rings (SSSR count). The second kappa shape index (κ2) is 5.68. The summed E-state index contributed by atoms with van der Waals surface area (Å²) < 4.78 is 15.0. The molecular formula is C16H19ClFN3. The van der Waals surface area contributed by atoms with Gasteiger partial charge in [0.15, 0.2) is 0 Å². The molecule has 2 aromatic rings. The van der Waals surface area contributed by atoms with Crippen LogP contribution in [0.2, 0.25) is 5.02 Å². The SMILES string of the molecule is Cn1nc(C2CCCCC2)c(-c2ccc(F)cc2Cl)c1N. The van der Waals surface area contributed by atoms with Gasteiger partial charge in [-0.3, -0.25) is 4.68 Å². The number of benzene rings is 1. The zero-order valence-electron chi connectivity index (χ0n) is 12.1. The number of halogens is 2. The van der Waals surface area contributed by atoms with E-state index < -0.39 is 0 Å². The second-order valence-corrected chi connectivity index (χ2v) is 6.14. The monoisotopic (exact) mass is 307 g/mol. The molecule has 2 N–H and O–H groups in total. The molecule has 5 heteroatoms. The smallest absolute Gasteiger partial charge is 0.129 e. The highest BCUT2D eigenvalue weighted by molar-refractivity contribution is 6.33. The zero-order chi connectivity index (χ0) is 15.0. The Hall–Kier alpha value is -1.55. The number of aromatic nitrogens is 2. The minimum Gasteiger partial charge on any atom is -0.383 e. The van der Waals surface area contributed by atoms with Crippen LogP contribution in [0.1, 0.15) is 43.7 Å². The third-order valence-corrected chi connectivity index (χ3v) is 4.62. The number of aryl methyl sites for hydroxylation is 1. The first-order valence-corrected chi connectivity index (χ1v) is 7.73. The summed E-state index contributed by atoms with van der Waals surface area (Å²) >= 11 is 6.22. The fraction of sp³-hybridized carbons (Fsp3) is 0.438. The summed E-state index contributed by atoms with van der Waals surface area (Å²) in [5.74, 6) is 0.660. The molecule has 1 aliphatic carbocycles. The maximum atomic E-state index is 13.3. The van der Waals surface area contributed by atoms with Crippen LogP contribution < -0.4 is 5.73 Å². The third-order valence-electron chi connectivity index (χ3n) is 4.31. The lowest BCUT2D eigenvalue weighted by Crippen LogP contribution is -2.07. The molecule has 0 saturated heterocycles. The van der Waals surface area contributed by atoms with Crippen molar-refractivity contribution in [1.82, 2.24) is 9.78 Å². The summed E-state index contributed by atoms with van der Waals surface area (Å²) in [6, 6.07) is 4.43. The van der Waals surface area contributed by atoms with Crippen LogP contribution in [0.4, 0.5) is 10.2 Å². The summed E-state index contributed by atoms with van der Waals surface area (Å²) in [7, 11) is 1.84. The van der Waals surface area contributed by atoms with Crippen molar-refractivity contribution in [3.63, 3.8) is 0 Å². The van der Waals surface area contributed by atoms with Crippen molar-refractivity contribution >= 4 is 17.4 Å². The summed E-state index contributed by atoms with van der Waals surface area (Å²) in [5.41, 5.74) is 8.84. The van der Waals surface area contributed by atoms with Gasteiger partial charge in [-0.25, -0.2) is 4.39 Å². The molecule has 1 aromatic heterocycles. The van der Waals surface area contributed by atoms with E-state index in [0.29, 0.717) is 16.8 Å². The van der Waals surface area contributed by atoms with Gasteiger partial charge in [0.05, 0.1) is 10.7 Å². The van der Waals surface area contributed by atoms with Crippen LogP contribution in [-0.2, 0) is 7.05 Å². The van der Waals surface area contributed by atoms with Gasteiger partial charge < -0.3 is 5.73 Å². The van der Waals surface area contributed by atoms with Crippen LogP contribution in [0.15, 0.2) is 18.2 Å². The molecule has 0 bridgehead atoms. The van der Waals surface area contributed by atoms with E-state index in [9.17, 15) is 4.39 Å². The van der Waals surface area contributed by atoms with Gasteiger partial charge in [-0.15, -0.1) is 0 Å². The van der Waals surface area contributed by atoms with E-state index in [1.165, 1.54) is 31.4 Å². The maximum absolute atomic E-state index is 13.3. The molecular weight excluding hydrogens is 289 g/mol. The lowest BCUT2D eigenvalue weighted by atomic mass is 9.84. The molecule has 3 nitrogen and oxygen atoms in total. The number of nitrogens with two attached hydrogens (primary N) is 1. The Balaban J connectivity index is 2.12. The predicted octanol–water partition coefficient (Wildman–Crippen LogP) is 4.51. The molecule has 21 heavy (non-hydrogen) atoms. The summed E-state index contributed by atoms with van der Waals surface area (Å²) in [6.07, 6.45) is 5.98. The predicted molar refractivity (Wildman–Crippen MR) is 83.9 cm³/mol. The molecule has 0 atom stereocenters. The topological polar surface area (TPSA) is 43.8 Å². The van der Waals surface area contributed by atoms with E-state index in [4.69, 9.17) is 17.3 Å². The van der Waals surface area contributed by atoms with E-state index in [0.717, 1.165) is 29.7 Å². The molecule has 1 fully saturated rings. The highest BCUT2D eigenvalue weighted by Crippen LogP contribution is 2.42. The molecule has 0 amide bonds. The van der Waals surface area contributed by atoms with Crippen LogP contribution in [0, 0.1) is 5.82 Å². The van der Waals surface area contributed by atoms with E-state index in [1.807, 2.05) is 7.05 Å². The number of hydrogen-bond acceptors (Lipinski definition) is 2. The van der Waals surface area contributed by atoms with Crippen molar-refractivity contribution in [1.29, 1.82) is 0 Å². The van der Waals surface area contributed by atoms with Crippen molar-refractivity contribution in [2.45, 2.75) is 38.0 Å². The van der Waals surface area contributed by atoms with Crippen molar-refractivity contribution in [2.24, 2.45) is 7.05 Å². The Morgan fingerprint density at radius 3 is 2.67 bits per heavy atom. The quantitative estimate of drug-likeness (QED) is 0.887. The van der Waals surface area contributed by atoms with Gasteiger partial charge in [-0.1, -0.05) is 30.9 Å². The van der Waals surface area contributed by atoms with E-state index in [1.54, 1.807) is 10.7 Å². The van der Waals surface area contributed by atoms with Crippen molar-refractivity contribution in [3.05, 3.63) is 34.7 Å². The number of rotatable bonds is 2. The molecule has 112 valence electrons.